The maximum Gasteiger partial charge on any atom is 0.263 e. The van der Waals surface area contributed by atoms with E-state index in [0.717, 1.165) is 9.75 Å². The zero-order chi connectivity index (χ0) is 18.8. The largest absolute Gasteiger partial charge is 0.338 e. The van der Waals surface area contributed by atoms with Gasteiger partial charge in [-0.1, -0.05) is 6.07 Å². The molecule has 1 saturated heterocycles. The van der Waals surface area contributed by atoms with E-state index >= 15 is 0 Å². The van der Waals surface area contributed by atoms with Gasteiger partial charge in [0.05, 0.1) is 4.88 Å². The van der Waals surface area contributed by atoms with Crippen LogP contribution in [0.5, 0.6) is 0 Å². The summed E-state index contributed by atoms with van der Waals surface area (Å²) in [6.07, 6.45) is 1.29. The van der Waals surface area contributed by atoms with E-state index in [1.165, 1.54) is 40.5 Å². The van der Waals surface area contributed by atoms with Crippen molar-refractivity contribution in [2.24, 2.45) is 5.92 Å². The Labute approximate surface area is 165 Å². The number of hydrogen-bond acceptors (Lipinski definition) is 4. The summed E-state index contributed by atoms with van der Waals surface area (Å²) in [5.74, 6) is -0.372. The van der Waals surface area contributed by atoms with Gasteiger partial charge < -0.3 is 4.90 Å². The lowest BCUT2D eigenvalue weighted by molar-refractivity contribution is 0.0654. The first-order valence-corrected chi connectivity index (χ1v) is 10.5. The molecule has 1 fully saturated rings. The summed E-state index contributed by atoms with van der Waals surface area (Å²) >= 11 is 3.18. The molecule has 0 atom stereocenters. The third-order valence-corrected chi connectivity index (χ3v) is 7.00. The Hall–Kier alpha value is -2.31. The topological polar surface area (TPSA) is 37.4 Å². The summed E-state index contributed by atoms with van der Waals surface area (Å²) < 4.78 is 13.0. The fraction of sp³-hybridized carbons (Fsp3) is 0.238. The van der Waals surface area contributed by atoms with Crippen molar-refractivity contribution in [1.29, 1.82) is 0 Å². The van der Waals surface area contributed by atoms with E-state index in [9.17, 15) is 14.0 Å². The average molecular weight is 400 g/mol. The average Bonchev–Trinajstić information content (AvgIpc) is 3.39. The van der Waals surface area contributed by atoms with Gasteiger partial charge >= 0.3 is 0 Å². The van der Waals surface area contributed by atoms with Crippen LogP contribution in [-0.2, 0) is 0 Å². The molecule has 0 spiro atoms. The molecule has 6 heteroatoms. The normalized spacial score (nSPS) is 15.1. The highest BCUT2D eigenvalue weighted by Gasteiger charge is 2.29. The minimum absolute atomic E-state index is 0.0375. The van der Waals surface area contributed by atoms with Crippen LogP contribution < -0.4 is 0 Å². The van der Waals surface area contributed by atoms with E-state index in [1.807, 2.05) is 28.5 Å². The number of halogens is 1. The number of likely N-dealkylation sites (tertiary alicyclic amines) is 1. The quantitative estimate of drug-likeness (QED) is 0.555. The Bertz CT molecular complexity index is 939. The number of benzene rings is 1. The SMILES string of the molecule is O=C(c1ccc(F)cc1)C1CCN(C(=O)c2ccc(-c3cccs3)s2)CC1. The van der Waals surface area contributed by atoms with Gasteiger partial charge in [-0.15, -0.1) is 22.7 Å². The van der Waals surface area contributed by atoms with Crippen molar-refractivity contribution in [1.82, 2.24) is 4.90 Å². The summed E-state index contributed by atoms with van der Waals surface area (Å²) in [6.45, 7) is 1.14. The van der Waals surface area contributed by atoms with Gasteiger partial charge in [-0.2, -0.15) is 0 Å². The van der Waals surface area contributed by atoms with Crippen molar-refractivity contribution < 1.29 is 14.0 Å². The van der Waals surface area contributed by atoms with Gasteiger partial charge in [0.15, 0.2) is 5.78 Å². The third-order valence-electron chi connectivity index (χ3n) is 4.86. The highest BCUT2D eigenvalue weighted by molar-refractivity contribution is 7.22. The molecule has 1 aliphatic rings. The molecule has 0 saturated carbocycles. The van der Waals surface area contributed by atoms with E-state index in [1.54, 1.807) is 11.3 Å². The monoisotopic (exact) mass is 399 g/mol. The first-order chi connectivity index (χ1) is 13.1. The van der Waals surface area contributed by atoms with Gasteiger partial charge in [-0.05, 0) is 60.7 Å². The molecule has 0 bridgehead atoms. The van der Waals surface area contributed by atoms with Gasteiger partial charge in [-0.25, -0.2) is 4.39 Å². The molecule has 4 rings (SSSR count). The predicted octanol–water partition coefficient (Wildman–Crippen LogP) is 5.35. The molecule has 0 aliphatic carbocycles. The first-order valence-electron chi connectivity index (χ1n) is 8.84. The minimum Gasteiger partial charge on any atom is -0.338 e. The van der Waals surface area contributed by atoms with Crippen LogP contribution in [0.1, 0.15) is 32.9 Å². The second kappa shape index (κ2) is 7.74. The molecule has 138 valence electrons. The van der Waals surface area contributed by atoms with Crippen LogP contribution in [0.2, 0.25) is 0 Å². The lowest BCUT2D eigenvalue weighted by Crippen LogP contribution is -2.40. The zero-order valence-electron chi connectivity index (χ0n) is 14.6. The second-order valence-corrected chi connectivity index (χ2v) is 8.61. The smallest absolute Gasteiger partial charge is 0.263 e. The van der Waals surface area contributed by atoms with Gasteiger partial charge in [0, 0.05) is 34.3 Å². The molecule has 3 heterocycles. The molecule has 0 radical (unpaired) electrons. The van der Waals surface area contributed by atoms with Crippen molar-refractivity contribution >= 4 is 34.4 Å². The van der Waals surface area contributed by atoms with Crippen LogP contribution in [0.15, 0.2) is 53.9 Å². The second-order valence-electron chi connectivity index (χ2n) is 6.58. The number of hydrogen-bond donors (Lipinski definition) is 0. The number of ketones is 1. The number of Topliss-reactive ketones (excluding diaryl/α,β-unsaturated/α-hetero) is 1. The van der Waals surface area contributed by atoms with Crippen LogP contribution in [0, 0.1) is 11.7 Å². The number of carbonyl (C=O) groups is 2. The maximum atomic E-state index is 13.0. The van der Waals surface area contributed by atoms with Crippen molar-refractivity contribution in [3.63, 3.8) is 0 Å². The fourth-order valence-electron chi connectivity index (χ4n) is 3.35. The number of piperidine rings is 1. The van der Waals surface area contributed by atoms with Gasteiger partial charge in [0.1, 0.15) is 5.82 Å². The number of amides is 1. The predicted molar refractivity (Wildman–Crippen MR) is 107 cm³/mol. The van der Waals surface area contributed by atoms with E-state index in [-0.39, 0.29) is 23.4 Å². The lowest BCUT2D eigenvalue weighted by atomic mass is 9.89. The molecule has 0 N–H and O–H groups in total. The molecule has 2 aromatic heterocycles. The Balaban J connectivity index is 1.38. The fourth-order valence-corrected chi connectivity index (χ4v) is 5.16. The number of nitrogens with zero attached hydrogens (tertiary/aromatic N) is 1. The molecular weight excluding hydrogens is 381 g/mol. The van der Waals surface area contributed by atoms with Crippen molar-refractivity contribution in [2.75, 3.05) is 13.1 Å². The highest BCUT2D eigenvalue weighted by Crippen LogP contribution is 2.32. The Morgan fingerprint density at radius 2 is 1.70 bits per heavy atom. The summed E-state index contributed by atoms with van der Waals surface area (Å²) in [7, 11) is 0. The number of carbonyl (C=O) groups excluding carboxylic acids is 2. The lowest BCUT2D eigenvalue weighted by Gasteiger charge is -2.31. The molecule has 1 amide bonds. The van der Waals surface area contributed by atoms with E-state index in [2.05, 4.69) is 6.07 Å². The van der Waals surface area contributed by atoms with E-state index in [0.29, 0.717) is 31.5 Å². The third kappa shape index (κ3) is 3.87. The van der Waals surface area contributed by atoms with Gasteiger partial charge in [0.2, 0.25) is 0 Å². The Morgan fingerprint density at radius 3 is 2.37 bits per heavy atom. The Kier molecular flexibility index (Phi) is 5.18. The summed E-state index contributed by atoms with van der Waals surface area (Å²) in [5, 5.41) is 2.03. The van der Waals surface area contributed by atoms with E-state index in [4.69, 9.17) is 0 Å². The molecule has 27 heavy (non-hydrogen) atoms. The van der Waals surface area contributed by atoms with Crippen LogP contribution in [0.25, 0.3) is 9.75 Å². The summed E-state index contributed by atoms with van der Waals surface area (Å²) in [5.41, 5.74) is 0.542. The van der Waals surface area contributed by atoms with Crippen LogP contribution >= 0.6 is 22.7 Å². The van der Waals surface area contributed by atoms with Crippen LogP contribution in [0.4, 0.5) is 4.39 Å². The van der Waals surface area contributed by atoms with Crippen molar-refractivity contribution in [2.45, 2.75) is 12.8 Å². The standard InChI is InChI=1S/C21H18FNO2S2/c22-16-5-3-14(4-6-16)20(24)15-9-11-23(12-10-15)21(25)19-8-7-18(27-19)17-2-1-13-26-17/h1-8,13,15H,9-12H2. The summed E-state index contributed by atoms with van der Waals surface area (Å²) in [4.78, 5) is 30.2. The first kappa shape index (κ1) is 18.1. The molecule has 3 nitrogen and oxygen atoms in total. The summed E-state index contributed by atoms with van der Waals surface area (Å²) in [6, 6.07) is 13.6. The highest BCUT2D eigenvalue weighted by atomic mass is 32.1. The van der Waals surface area contributed by atoms with Crippen molar-refractivity contribution in [3.8, 4) is 9.75 Å². The number of thiophene rings is 2. The molecule has 1 aromatic carbocycles. The van der Waals surface area contributed by atoms with Crippen LogP contribution in [-0.4, -0.2) is 29.7 Å². The molecule has 0 unspecified atom stereocenters. The van der Waals surface area contributed by atoms with Gasteiger partial charge in [0.25, 0.3) is 5.91 Å². The maximum absolute atomic E-state index is 13.0. The molecule has 1 aliphatic heterocycles. The van der Waals surface area contributed by atoms with Crippen LogP contribution in [0.3, 0.4) is 0 Å². The Morgan fingerprint density at radius 1 is 0.963 bits per heavy atom. The minimum atomic E-state index is -0.343. The van der Waals surface area contributed by atoms with Crippen molar-refractivity contribution in [3.05, 3.63) is 70.2 Å². The molecular formula is C21H18FNO2S2. The van der Waals surface area contributed by atoms with Gasteiger partial charge in [-0.3, -0.25) is 9.59 Å². The number of rotatable bonds is 4. The molecule has 3 aromatic rings. The zero-order valence-corrected chi connectivity index (χ0v) is 16.2. The van der Waals surface area contributed by atoms with E-state index < -0.39 is 0 Å².